The fourth-order valence-corrected chi connectivity index (χ4v) is 1.07. The Morgan fingerprint density at radius 3 is 3.00 bits per heavy atom. The fraction of sp³-hybridized carbons (Fsp3) is 0.286. The molecule has 2 aromatic heterocycles. The topological polar surface area (TPSA) is 112 Å². The van der Waals surface area contributed by atoms with Gasteiger partial charge in [-0.05, 0) is 6.92 Å². The van der Waals surface area contributed by atoms with Crippen molar-refractivity contribution < 1.29 is 4.79 Å². The highest BCUT2D eigenvalue weighted by molar-refractivity contribution is 5.90. The highest BCUT2D eigenvalue weighted by Crippen LogP contribution is 2.03. The summed E-state index contributed by atoms with van der Waals surface area (Å²) in [6.07, 6.45) is 0.0718. The van der Waals surface area contributed by atoms with Crippen LogP contribution in [0, 0.1) is 6.92 Å². The maximum absolute atomic E-state index is 11.4. The molecular formula is C7H9N7O. The van der Waals surface area contributed by atoms with Gasteiger partial charge in [-0.2, -0.15) is 10.3 Å². The summed E-state index contributed by atoms with van der Waals surface area (Å²) in [5.41, 5.74) is 0.880. The molecule has 0 fully saturated rings. The molecule has 1 amide bonds. The molecule has 0 bridgehead atoms. The number of H-pyrrole nitrogens is 2. The average Bonchev–Trinajstić information content (AvgIpc) is 2.77. The Kier molecular flexibility index (Phi) is 2.40. The second-order valence-corrected chi connectivity index (χ2v) is 2.99. The first-order chi connectivity index (χ1) is 7.24. The van der Waals surface area contributed by atoms with E-state index in [1.807, 2.05) is 6.92 Å². The zero-order valence-corrected chi connectivity index (χ0v) is 7.98. The Balaban J connectivity index is 1.93. The summed E-state index contributed by atoms with van der Waals surface area (Å²) in [4.78, 5) is 11.4. The number of nitrogens with zero attached hydrogens (tertiary/aromatic N) is 4. The fourth-order valence-electron chi connectivity index (χ4n) is 1.07. The van der Waals surface area contributed by atoms with Crippen LogP contribution in [0.15, 0.2) is 6.07 Å². The Morgan fingerprint density at radius 2 is 2.40 bits per heavy atom. The average molecular weight is 207 g/mol. The zero-order valence-electron chi connectivity index (χ0n) is 7.98. The standard InChI is InChI=1S/C7H9N7O/c1-4-2-5(10-9-4)8-7(15)3-6-11-13-14-12-6/h2H,3H2,1H3,(H2,8,9,10,15)(H,11,12,13,14). The predicted molar refractivity (Wildman–Crippen MR) is 49.8 cm³/mol. The summed E-state index contributed by atoms with van der Waals surface area (Å²) >= 11 is 0. The van der Waals surface area contributed by atoms with Crippen molar-refractivity contribution in [2.45, 2.75) is 13.3 Å². The normalized spacial score (nSPS) is 10.2. The van der Waals surface area contributed by atoms with Gasteiger partial charge < -0.3 is 5.32 Å². The molecule has 2 rings (SSSR count). The Bertz CT molecular complexity index is 446. The molecule has 0 aliphatic carbocycles. The van der Waals surface area contributed by atoms with Crippen molar-refractivity contribution in [1.82, 2.24) is 30.8 Å². The van der Waals surface area contributed by atoms with Crippen LogP contribution in [0.4, 0.5) is 5.82 Å². The molecule has 8 heteroatoms. The number of amides is 1. The lowest BCUT2D eigenvalue weighted by Gasteiger charge is -1.97. The quantitative estimate of drug-likeness (QED) is 0.622. The third-order valence-electron chi connectivity index (χ3n) is 1.68. The molecule has 2 heterocycles. The third kappa shape index (κ3) is 2.36. The van der Waals surface area contributed by atoms with Crippen LogP contribution in [0.5, 0.6) is 0 Å². The van der Waals surface area contributed by atoms with Gasteiger partial charge in [-0.15, -0.1) is 10.2 Å². The maximum Gasteiger partial charge on any atom is 0.233 e. The van der Waals surface area contributed by atoms with Crippen LogP contribution in [0.1, 0.15) is 11.5 Å². The van der Waals surface area contributed by atoms with E-state index in [1.54, 1.807) is 6.07 Å². The van der Waals surface area contributed by atoms with Gasteiger partial charge in [0.15, 0.2) is 11.6 Å². The number of anilines is 1. The minimum atomic E-state index is -0.233. The van der Waals surface area contributed by atoms with Crippen LogP contribution < -0.4 is 5.32 Å². The lowest BCUT2D eigenvalue weighted by atomic mass is 10.4. The lowest BCUT2D eigenvalue weighted by Crippen LogP contribution is -2.15. The molecule has 0 spiro atoms. The van der Waals surface area contributed by atoms with Gasteiger partial charge in [-0.1, -0.05) is 5.21 Å². The summed E-state index contributed by atoms with van der Waals surface area (Å²) in [6.45, 7) is 1.85. The number of hydrogen-bond donors (Lipinski definition) is 3. The van der Waals surface area contributed by atoms with Crippen molar-refractivity contribution >= 4 is 11.7 Å². The lowest BCUT2D eigenvalue weighted by molar-refractivity contribution is -0.115. The van der Waals surface area contributed by atoms with Gasteiger partial charge >= 0.3 is 0 Å². The highest BCUT2D eigenvalue weighted by Gasteiger charge is 2.08. The molecule has 2 aromatic rings. The van der Waals surface area contributed by atoms with Gasteiger partial charge in [0.2, 0.25) is 5.91 Å². The molecule has 0 saturated carbocycles. The van der Waals surface area contributed by atoms with Crippen LogP contribution >= 0.6 is 0 Å². The van der Waals surface area contributed by atoms with Crippen LogP contribution in [0.2, 0.25) is 0 Å². The second-order valence-electron chi connectivity index (χ2n) is 2.99. The maximum atomic E-state index is 11.4. The van der Waals surface area contributed by atoms with Gasteiger partial charge in [-0.25, -0.2) is 0 Å². The monoisotopic (exact) mass is 207 g/mol. The minimum absolute atomic E-state index is 0.0718. The molecule has 8 nitrogen and oxygen atoms in total. The molecule has 0 saturated heterocycles. The van der Waals surface area contributed by atoms with Crippen molar-refractivity contribution in [2.24, 2.45) is 0 Å². The van der Waals surface area contributed by atoms with E-state index in [2.05, 4.69) is 36.1 Å². The molecule has 0 aliphatic rings. The van der Waals surface area contributed by atoms with E-state index in [-0.39, 0.29) is 12.3 Å². The SMILES string of the molecule is Cc1cc(NC(=O)Cc2nn[nH]n2)n[nH]1. The van der Waals surface area contributed by atoms with E-state index >= 15 is 0 Å². The van der Waals surface area contributed by atoms with E-state index in [4.69, 9.17) is 0 Å². The molecule has 0 aromatic carbocycles. The van der Waals surface area contributed by atoms with Crippen molar-refractivity contribution in [3.8, 4) is 0 Å². The molecule has 78 valence electrons. The van der Waals surface area contributed by atoms with Gasteiger partial charge in [0.1, 0.15) is 0 Å². The number of aromatic nitrogens is 6. The summed E-state index contributed by atoms with van der Waals surface area (Å²) in [7, 11) is 0. The van der Waals surface area contributed by atoms with E-state index < -0.39 is 0 Å². The number of aryl methyl sites for hydroxylation is 1. The Hall–Kier alpha value is -2.25. The number of nitrogens with one attached hydrogen (secondary N) is 3. The van der Waals surface area contributed by atoms with E-state index in [0.29, 0.717) is 11.6 Å². The number of rotatable bonds is 3. The largest absolute Gasteiger partial charge is 0.309 e. The predicted octanol–water partition coefficient (Wildman–Crippen LogP) is -0.588. The molecule has 0 aliphatic heterocycles. The van der Waals surface area contributed by atoms with Crippen LogP contribution in [-0.2, 0) is 11.2 Å². The first-order valence-corrected chi connectivity index (χ1v) is 4.28. The molecule has 0 radical (unpaired) electrons. The van der Waals surface area contributed by atoms with Crippen molar-refractivity contribution in [3.63, 3.8) is 0 Å². The van der Waals surface area contributed by atoms with Gasteiger partial charge in [0, 0.05) is 11.8 Å². The number of carbonyl (C=O) groups excluding carboxylic acids is 1. The number of tetrazole rings is 1. The summed E-state index contributed by atoms with van der Waals surface area (Å²) in [5, 5.41) is 22.1. The smallest absolute Gasteiger partial charge is 0.233 e. The highest BCUT2D eigenvalue weighted by atomic mass is 16.1. The first kappa shape index (κ1) is 9.31. The molecule has 15 heavy (non-hydrogen) atoms. The van der Waals surface area contributed by atoms with E-state index in [1.165, 1.54) is 0 Å². The zero-order chi connectivity index (χ0) is 10.7. The molecular weight excluding hydrogens is 198 g/mol. The van der Waals surface area contributed by atoms with Gasteiger partial charge in [0.25, 0.3) is 0 Å². The number of aromatic amines is 2. The van der Waals surface area contributed by atoms with Gasteiger partial charge in [0.05, 0.1) is 6.42 Å². The van der Waals surface area contributed by atoms with Crippen LogP contribution in [0.25, 0.3) is 0 Å². The van der Waals surface area contributed by atoms with Gasteiger partial charge in [-0.3, -0.25) is 9.89 Å². The van der Waals surface area contributed by atoms with E-state index in [9.17, 15) is 4.79 Å². The van der Waals surface area contributed by atoms with Crippen molar-refractivity contribution in [2.75, 3.05) is 5.32 Å². The second kappa shape index (κ2) is 3.86. The summed E-state index contributed by atoms with van der Waals surface area (Å²) < 4.78 is 0. The number of hydrogen-bond acceptors (Lipinski definition) is 5. The van der Waals surface area contributed by atoms with Crippen molar-refractivity contribution in [1.29, 1.82) is 0 Å². The summed E-state index contributed by atoms with van der Waals surface area (Å²) in [5.74, 6) is 0.601. The minimum Gasteiger partial charge on any atom is -0.309 e. The molecule has 0 atom stereocenters. The molecule has 3 N–H and O–H groups in total. The van der Waals surface area contributed by atoms with Crippen molar-refractivity contribution in [3.05, 3.63) is 17.6 Å². The van der Waals surface area contributed by atoms with E-state index in [0.717, 1.165) is 5.69 Å². The molecule has 0 unspecified atom stereocenters. The first-order valence-electron chi connectivity index (χ1n) is 4.28. The van der Waals surface area contributed by atoms with Crippen LogP contribution in [-0.4, -0.2) is 36.7 Å². The Labute approximate surface area is 84.5 Å². The Morgan fingerprint density at radius 1 is 1.53 bits per heavy atom. The third-order valence-corrected chi connectivity index (χ3v) is 1.68. The number of carbonyl (C=O) groups is 1. The summed E-state index contributed by atoms with van der Waals surface area (Å²) in [6, 6.07) is 1.73. The van der Waals surface area contributed by atoms with Crippen LogP contribution in [0.3, 0.4) is 0 Å².